The Kier molecular flexibility index (Phi) is 8.01. The average molecular weight is 500 g/mol. The van der Waals surface area contributed by atoms with Crippen molar-refractivity contribution in [1.29, 1.82) is 0 Å². The smallest absolute Gasteiger partial charge is 0.233 e. The highest BCUT2D eigenvalue weighted by Gasteiger charge is 2.26. The summed E-state index contributed by atoms with van der Waals surface area (Å²) in [4.78, 5) is 20.3. The third-order valence-corrected chi connectivity index (χ3v) is 6.66. The first-order chi connectivity index (χ1) is 16.7. The maximum absolute atomic E-state index is 15.2. The first kappa shape index (κ1) is 26.0. The molecule has 0 amide bonds. The third kappa shape index (κ3) is 5.74. The van der Waals surface area contributed by atoms with Gasteiger partial charge in [0.1, 0.15) is 11.5 Å². The number of carbonyl (C=O) groups is 1. The lowest BCUT2D eigenvalue weighted by molar-refractivity contribution is 0.103. The van der Waals surface area contributed by atoms with E-state index in [-0.39, 0.29) is 17.2 Å². The van der Waals surface area contributed by atoms with E-state index in [0.29, 0.717) is 11.0 Å². The Balaban J connectivity index is 0.00000167. The molecule has 2 aromatic carbocycles. The van der Waals surface area contributed by atoms with E-state index >= 15 is 4.39 Å². The minimum absolute atomic E-state index is 0.0234. The number of halogens is 2. The van der Waals surface area contributed by atoms with E-state index < -0.39 is 38.7 Å². The van der Waals surface area contributed by atoms with Gasteiger partial charge >= 0.3 is 0 Å². The summed E-state index contributed by atoms with van der Waals surface area (Å²) >= 11 is 0. The van der Waals surface area contributed by atoms with E-state index in [2.05, 4.69) is 14.7 Å². The van der Waals surface area contributed by atoms with E-state index in [1.165, 1.54) is 6.20 Å². The minimum Gasteiger partial charge on any atom is -0.345 e. The summed E-state index contributed by atoms with van der Waals surface area (Å²) in [5.74, 6) is -3.73. The number of anilines is 1. The molecule has 0 radical (unpaired) electrons. The van der Waals surface area contributed by atoms with Gasteiger partial charge in [-0.15, -0.1) is 0 Å². The number of pyridine rings is 1. The van der Waals surface area contributed by atoms with E-state index in [0.717, 1.165) is 23.3 Å². The second-order valence-electron chi connectivity index (χ2n) is 8.08. The third-order valence-electron chi connectivity index (χ3n) is 5.02. The zero-order valence-corrected chi connectivity index (χ0v) is 20.7. The normalized spacial score (nSPS) is 11.3. The van der Waals surface area contributed by atoms with Crippen LogP contribution in [-0.2, 0) is 10.0 Å². The number of benzene rings is 2. The fraction of sp³-hybridized carbons (Fsp3) is 0.231. The number of hydrogen-bond donors (Lipinski definition) is 2. The van der Waals surface area contributed by atoms with Crippen LogP contribution in [0, 0.1) is 17.6 Å². The van der Waals surface area contributed by atoms with Crippen LogP contribution in [0.1, 0.15) is 43.6 Å². The van der Waals surface area contributed by atoms with Gasteiger partial charge < -0.3 is 4.98 Å². The molecule has 0 aliphatic carbocycles. The number of hydrogen-bond acceptors (Lipinski definition) is 4. The number of nitrogens with zero attached hydrogens (tertiary/aromatic N) is 1. The van der Waals surface area contributed by atoms with Crippen LogP contribution >= 0.6 is 0 Å². The molecule has 0 saturated heterocycles. The van der Waals surface area contributed by atoms with E-state index in [4.69, 9.17) is 0 Å². The number of ketones is 1. The largest absolute Gasteiger partial charge is 0.345 e. The molecule has 0 spiro atoms. The number of carbonyl (C=O) groups excluding carboxylic acids is 1. The lowest BCUT2D eigenvalue weighted by Gasteiger charge is -2.13. The van der Waals surface area contributed by atoms with Crippen LogP contribution in [0.25, 0.3) is 22.2 Å². The Morgan fingerprint density at radius 2 is 1.74 bits per heavy atom. The molecule has 4 aromatic rings. The lowest BCUT2D eigenvalue weighted by atomic mass is 10.00. The van der Waals surface area contributed by atoms with Gasteiger partial charge in [-0.05, 0) is 29.7 Å². The van der Waals surface area contributed by atoms with Gasteiger partial charge in [0, 0.05) is 28.9 Å². The van der Waals surface area contributed by atoms with E-state index in [1.807, 2.05) is 44.2 Å². The zero-order valence-electron chi connectivity index (χ0n) is 19.9. The molecule has 184 valence electrons. The highest BCUT2D eigenvalue weighted by Crippen LogP contribution is 2.29. The van der Waals surface area contributed by atoms with Crippen LogP contribution in [0.15, 0.2) is 60.9 Å². The molecule has 0 saturated carbocycles. The molecule has 9 heteroatoms. The van der Waals surface area contributed by atoms with Gasteiger partial charge in [0.2, 0.25) is 15.8 Å². The van der Waals surface area contributed by atoms with Crippen LogP contribution in [0.5, 0.6) is 0 Å². The first-order valence-electron chi connectivity index (χ1n) is 11.2. The fourth-order valence-electron chi connectivity index (χ4n) is 3.60. The molecular weight excluding hydrogens is 472 g/mol. The highest BCUT2D eigenvalue weighted by molar-refractivity contribution is 7.92. The monoisotopic (exact) mass is 499 g/mol. The standard InChI is InChI=1S/C24H21F2N3O3S.C2H6/c1-14(2)13-33(31,32)29-20-9-8-19(25)21(22(20)26)23(30)18-12-28-24-17(18)10-16(11-27-24)15-6-4-3-5-7-15;1-2/h3-12,14,29H,13H2,1-2H3,(H,27,28);1-2H3. The van der Waals surface area contributed by atoms with Crippen molar-refractivity contribution < 1.29 is 22.0 Å². The van der Waals surface area contributed by atoms with Gasteiger partial charge in [0.15, 0.2) is 5.82 Å². The van der Waals surface area contributed by atoms with Crippen molar-refractivity contribution in [2.45, 2.75) is 27.7 Å². The molecule has 2 aromatic heterocycles. The molecule has 0 atom stereocenters. The van der Waals surface area contributed by atoms with Crippen LogP contribution < -0.4 is 4.72 Å². The number of aromatic nitrogens is 2. The number of fused-ring (bicyclic) bond motifs is 1. The van der Waals surface area contributed by atoms with Crippen molar-refractivity contribution in [1.82, 2.24) is 9.97 Å². The maximum Gasteiger partial charge on any atom is 0.233 e. The van der Waals surface area contributed by atoms with Crippen molar-refractivity contribution in [3.05, 3.63) is 83.7 Å². The van der Waals surface area contributed by atoms with Crippen molar-refractivity contribution in [3.63, 3.8) is 0 Å². The predicted molar refractivity (Wildman–Crippen MR) is 135 cm³/mol. The quantitative estimate of drug-likeness (QED) is 0.298. The molecule has 0 fully saturated rings. The molecule has 0 bridgehead atoms. The lowest BCUT2D eigenvalue weighted by Crippen LogP contribution is -2.21. The topological polar surface area (TPSA) is 91.9 Å². The zero-order chi connectivity index (χ0) is 25.8. The molecule has 2 heterocycles. The van der Waals surface area contributed by atoms with Crippen LogP contribution in [0.3, 0.4) is 0 Å². The predicted octanol–water partition coefficient (Wildman–Crippen LogP) is 6.16. The molecule has 0 aliphatic heterocycles. The van der Waals surface area contributed by atoms with Gasteiger partial charge in [-0.3, -0.25) is 9.52 Å². The SMILES string of the molecule is CC.CC(C)CS(=O)(=O)Nc1ccc(F)c(C(=O)c2c[nH]c3ncc(-c4ccccc4)cc23)c1F. The summed E-state index contributed by atoms with van der Waals surface area (Å²) in [6.07, 6.45) is 2.97. The molecule has 2 N–H and O–H groups in total. The van der Waals surface area contributed by atoms with Crippen LogP contribution in [-0.4, -0.2) is 29.9 Å². The van der Waals surface area contributed by atoms with E-state index in [9.17, 15) is 17.6 Å². The van der Waals surface area contributed by atoms with Crippen molar-refractivity contribution in [3.8, 4) is 11.1 Å². The molecule has 0 unspecified atom stereocenters. The van der Waals surface area contributed by atoms with Crippen molar-refractivity contribution in [2.24, 2.45) is 5.92 Å². The molecule has 6 nitrogen and oxygen atoms in total. The van der Waals surface area contributed by atoms with Gasteiger partial charge in [-0.2, -0.15) is 0 Å². The summed E-state index contributed by atoms with van der Waals surface area (Å²) in [7, 11) is -3.88. The average Bonchev–Trinajstić information content (AvgIpc) is 3.25. The second kappa shape index (κ2) is 10.8. The summed E-state index contributed by atoms with van der Waals surface area (Å²) in [6.45, 7) is 7.40. The minimum atomic E-state index is -3.88. The molecular formula is C26H27F2N3O3S. The number of rotatable bonds is 7. The molecule has 35 heavy (non-hydrogen) atoms. The fourth-order valence-corrected chi connectivity index (χ4v) is 5.06. The maximum atomic E-state index is 15.2. The van der Waals surface area contributed by atoms with Crippen LogP contribution in [0.4, 0.5) is 14.5 Å². The van der Waals surface area contributed by atoms with Gasteiger partial charge in [0.25, 0.3) is 0 Å². The number of nitrogens with one attached hydrogen (secondary N) is 2. The first-order valence-corrected chi connectivity index (χ1v) is 12.9. The van der Waals surface area contributed by atoms with Gasteiger partial charge in [-0.25, -0.2) is 22.2 Å². The summed E-state index contributed by atoms with van der Waals surface area (Å²) < 4.78 is 56.4. The molecule has 4 rings (SSSR count). The Labute approximate surface area is 203 Å². The van der Waals surface area contributed by atoms with Gasteiger partial charge in [-0.1, -0.05) is 58.0 Å². The number of H-pyrrole nitrogens is 1. The second-order valence-corrected chi connectivity index (χ2v) is 9.85. The van der Waals surface area contributed by atoms with E-state index in [1.54, 1.807) is 26.1 Å². The van der Waals surface area contributed by atoms with Crippen LogP contribution in [0.2, 0.25) is 0 Å². The highest BCUT2D eigenvalue weighted by atomic mass is 32.2. The molecule has 0 aliphatic rings. The number of aromatic amines is 1. The van der Waals surface area contributed by atoms with Crippen molar-refractivity contribution >= 4 is 32.5 Å². The summed E-state index contributed by atoms with van der Waals surface area (Å²) in [6, 6.07) is 12.9. The van der Waals surface area contributed by atoms with Gasteiger partial charge in [0.05, 0.1) is 17.0 Å². The van der Waals surface area contributed by atoms with Crippen molar-refractivity contribution in [2.75, 3.05) is 10.5 Å². The summed E-state index contributed by atoms with van der Waals surface area (Å²) in [5, 5.41) is 0.394. The Morgan fingerprint density at radius 1 is 1.06 bits per heavy atom. The Hall–Kier alpha value is -3.59. The number of sulfonamides is 1. The Bertz CT molecular complexity index is 1450. The Morgan fingerprint density at radius 3 is 2.40 bits per heavy atom. The summed E-state index contributed by atoms with van der Waals surface area (Å²) in [5.41, 5.74) is 0.676.